The number of aromatic nitrogens is 1. The van der Waals surface area contributed by atoms with Gasteiger partial charge in [-0.15, -0.1) is 0 Å². The summed E-state index contributed by atoms with van der Waals surface area (Å²) in [6, 6.07) is 9.29. The Morgan fingerprint density at radius 2 is 2.04 bits per heavy atom. The van der Waals surface area contributed by atoms with Crippen LogP contribution in [0.4, 0.5) is 5.82 Å². The molecule has 0 fully saturated rings. The summed E-state index contributed by atoms with van der Waals surface area (Å²) >= 11 is 0. The fourth-order valence-electron chi connectivity index (χ4n) is 1.99. The second-order valence-corrected chi connectivity index (χ2v) is 5.63. The largest absolute Gasteiger partial charge is 0.492 e. The number of hydrogen-bond donors (Lipinski definition) is 1. The summed E-state index contributed by atoms with van der Waals surface area (Å²) in [6.45, 7) is 6.81. The Morgan fingerprint density at radius 3 is 2.65 bits per heavy atom. The zero-order valence-electron chi connectivity index (χ0n) is 14.0. The van der Waals surface area contributed by atoms with E-state index in [1.54, 1.807) is 13.0 Å². The Morgan fingerprint density at radius 1 is 1.35 bits per heavy atom. The molecule has 2 aromatic rings. The van der Waals surface area contributed by atoms with Gasteiger partial charge in [0.15, 0.2) is 5.82 Å². The number of hydrogen-bond acceptors (Lipinski definition) is 5. The summed E-state index contributed by atoms with van der Waals surface area (Å²) in [5.41, 5.74) is 1.20. The molecule has 1 N–H and O–H groups in total. The summed E-state index contributed by atoms with van der Waals surface area (Å²) in [5, 5.41) is 6.49. The Bertz CT molecular complexity index is 637. The number of amides is 1. The number of aryl methyl sites for hydroxylation is 2. The van der Waals surface area contributed by atoms with Crippen molar-refractivity contribution in [2.24, 2.45) is 0 Å². The van der Waals surface area contributed by atoms with Crippen molar-refractivity contribution in [3.63, 3.8) is 0 Å². The fourth-order valence-corrected chi connectivity index (χ4v) is 1.99. The van der Waals surface area contributed by atoms with E-state index in [1.165, 1.54) is 5.56 Å². The Kier molecular flexibility index (Phi) is 5.76. The molecule has 1 atom stereocenters. The van der Waals surface area contributed by atoms with Crippen molar-refractivity contribution in [3.8, 4) is 5.75 Å². The number of carbonyl (C=O) groups is 1. The van der Waals surface area contributed by atoms with Gasteiger partial charge in [0, 0.05) is 12.6 Å². The predicted molar refractivity (Wildman–Crippen MR) is 88.6 cm³/mol. The van der Waals surface area contributed by atoms with Crippen molar-refractivity contribution in [2.75, 3.05) is 25.5 Å². The van der Waals surface area contributed by atoms with Gasteiger partial charge in [-0.3, -0.25) is 9.69 Å². The number of nitrogens with one attached hydrogen (secondary N) is 1. The van der Waals surface area contributed by atoms with Gasteiger partial charge in [-0.25, -0.2) is 0 Å². The molecule has 0 aliphatic heterocycles. The second kappa shape index (κ2) is 7.78. The molecule has 2 rings (SSSR count). The Hall–Kier alpha value is -2.34. The standard InChI is InChI=1S/C17H23N3O3/c1-12-5-7-15(8-6-12)22-10-9-20(4)14(3)17(21)18-16-11-13(2)23-19-16/h5-8,11,14H,9-10H2,1-4H3,(H,18,19,21). The van der Waals surface area contributed by atoms with Crippen LogP contribution >= 0.6 is 0 Å². The molecular formula is C17H23N3O3. The van der Waals surface area contributed by atoms with Crippen molar-refractivity contribution in [2.45, 2.75) is 26.8 Å². The molecule has 1 aromatic carbocycles. The third-order valence-electron chi connectivity index (χ3n) is 3.65. The molecule has 1 amide bonds. The average Bonchev–Trinajstić information content (AvgIpc) is 2.93. The van der Waals surface area contributed by atoms with Crippen LogP contribution in [0.25, 0.3) is 0 Å². The van der Waals surface area contributed by atoms with Gasteiger partial charge in [-0.2, -0.15) is 0 Å². The van der Waals surface area contributed by atoms with E-state index in [-0.39, 0.29) is 11.9 Å². The number of anilines is 1. The van der Waals surface area contributed by atoms with E-state index in [2.05, 4.69) is 10.5 Å². The molecule has 0 saturated carbocycles. The molecule has 0 aliphatic rings. The number of rotatable bonds is 7. The van der Waals surface area contributed by atoms with Crippen molar-refractivity contribution < 1.29 is 14.1 Å². The van der Waals surface area contributed by atoms with Gasteiger partial charge >= 0.3 is 0 Å². The van der Waals surface area contributed by atoms with Crippen molar-refractivity contribution in [1.29, 1.82) is 0 Å². The predicted octanol–water partition coefficient (Wildman–Crippen LogP) is 2.63. The number of carbonyl (C=O) groups excluding carboxylic acids is 1. The highest BCUT2D eigenvalue weighted by molar-refractivity contribution is 5.93. The molecule has 0 saturated heterocycles. The molecule has 124 valence electrons. The minimum absolute atomic E-state index is 0.129. The molecule has 0 bridgehead atoms. The molecule has 1 unspecified atom stereocenters. The normalized spacial score (nSPS) is 12.2. The summed E-state index contributed by atoms with van der Waals surface area (Å²) in [4.78, 5) is 14.1. The zero-order valence-corrected chi connectivity index (χ0v) is 14.0. The summed E-state index contributed by atoms with van der Waals surface area (Å²) in [6.07, 6.45) is 0. The van der Waals surface area contributed by atoms with Crippen LogP contribution in [-0.2, 0) is 4.79 Å². The van der Waals surface area contributed by atoms with Gasteiger partial charge in [0.25, 0.3) is 0 Å². The maximum Gasteiger partial charge on any atom is 0.242 e. The fraction of sp³-hybridized carbons (Fsp3) is 0.412. The van der Waals surface area contributed by atoms with E-state index < -0.39 is 0 Å². The van der Waals surface area contributed by atoms with E-state index in [9.17, 15) is 4.79 Å². The average molecular weight is 317 g/mol. The van der Waals surface area contributed by atoms with Crippen LogP contribution in [0.5, 0.6) is 5.75 Å². The number of benzene rings is 1. The first-order valence-corrected chi connectivity index (χ1v) is 7.59. The zero-order chi connectivity index (χ0) is 16.8. The highest BCUT2D eigenvalue weighted by Gasteiger charge is 2.19. The lowest BCUT2D eigenvalue weighted by Crippen LogP contribution is -2.41. The number of nitrogens with zero attached hydrogens (tertiary/aromatic N) is 2. The van der Waals surface area contributed by atoms with Crippen LogP contribution in [0.2, 0.25) is 0 Å². The van der Waals surface area contributed by atoms with Crippen LogP contribution in [0.1, 0.15) is 18.2 Å². The highest BCUT2D eigenvalue weighted by atomic mass is 16.5. The maximum absolute atomic E-state index is 12.2. The minimum Gasteiger partial charge on any atom is -0.492 e. The monoisotopic (exact) mass is 317 g/mol. The van der Waals surface area contributed by atoms with Crippen molar-refractivity contribution in [1.82, 2.24) is 10.1 Å². The van der Waals surface area contributed by atoms with Gasteiger partial charge < -0.3 is 14.6 Å². The first-order chi connectivity index (χ1) is 11.0. The van der Waals surface area contributed by atoms with Gasteiger partial charge in [0.05, 0.1) is 6.04 Å². The van der Waals surface area contributed by atoms with Gasteiger partial charge in [-0.1, -0.05) is 22.9 Å². The molecule has 0 spiro atoms. The highest BCUT2D eigenvalue weighted by Crippen LogP contribution is 2.12. The third kappa shape index (κ3) is 5.10. The first kappa shape index (κ1) is 17.0. The quantitative estimate of drug-likeness (QED) is 0.850. The van der Waals surface area contributed by atoms with Crippen LogP contribution in [0, 0.1) is 13.8 Å². The SMILES string of the molecule is Cc1ccc(OCCN(C)C(C)C(=O)Nc2cc(C)on2)cc1. The Labute approximate surface area is 136 Å². The third-order valence-corrected chi connectivity index (χ3v) is 3.65. The minimum atomic E-state index is -0.298. The first-order valence-electron chi connectivity index (χ1n) is 7.59. The lowest BCUT2D eigenvalue weighted by atomic mass is 10.2. The van der Waals surface area contributed by atoms with Gasteiger partial charge in [-0.05, 0) is 40.0 Å². The number of ether oxygens (including phenoxy) is 1. The molecule has 1 heterocycles. The van der Waals surface area contributed by atoms with Crippen LogP contribution in [0.15, 0.2) is 34.9 Å². The van der Waals surface area contributed by atoms with E-state index in [0.717, 1.165) is 5.75 Å². The van der Waals surface area contributed by atoms with Crippen molar-refractivity contribution >= 4 is 11.7 Å². The topological polar surface area (TPSA) is 67.6 Å². The lowest BCUT2D eigenvalue weighted by molar-refractivity contribution is -0.120. The summed E-state index contributed by atoms with van der Waals surface area (Å²) < 4.78 is 10.6. The van der Waals surface area contributed by atoms with E-state index in [1.807, 2.05) is 50.1 Å². The second-order valence-electron chi connectivity index (χ2n) is 5.63. The van der Waals surface area contributed by atoms with E-state index >= 15 is 0 Å². The molecule has 6 nitrogen and oxygen atoms in total. The smallest absolute Gasteiger partial charge is 0.242 e. The summed E-state index contributed by atoms with van der Waals surface area (Å²) in [7, 11) is 1.89. The van der Waals surface area contributed by atoms with Gasteiger partial charge in [0.1, 0.15) is 18.1 Å². The van der Waals surface area contributed by atoms with Crippen LogP contribution < -0.4 is 10.1 Å². The lowest BCUT2D eigenvalue weighted by Gasteiger charge is -2.23. The van der Waals surface area contributed by atoms with E-state index in [0.29, 0.717) is 24.7 Å². The molecule has 23 heavy (non-hydrogen) atoms. The molecular weight excluding hydrogens is 294 g/mol. The van der Waals surface area contributed by atoms with Gasteiger partial charge in [0.2, 0.25) is 5.91 Å². The molecule has 0 radical (unpaired) electrons. The molecule has 1 aromatic heterocycles. The van der Waals surface area contributed by atoms with E-state index in [4.69, 9.17) is 9.26 Å². The Balaban J connectivity index is 1.76. The maximum atomic E-state index is 12.2. The van der Waals surface area contributed by atoms with Crippen molar-refractivity contribution in [3.05, 3.63) is 41.7 Å². The van der Waals surface area contributed by atoms with Crippen LogP contribution in [0.3, 0.4) is 0 Å². The summed E-state index contributed by atoms with van der Waals surface area (Å²) in [5.74, 6) is 1.80. The number of likely N-dealkylation sites (N-methyl/N-ethyl adjacent to an activating group) is 1. The molecule has 0 aliphatic carbocycles. The molecule has 6 heteroatoms. The van der Waals surface area contributed by atoms with Crippen LogP contribution in [-0.4, -0.2) is 42.2 Å².